The van der Waals surface area contributed by atoms with Gasteiger partial charge in [-0.25, -0.2) is 9.79 Å². The lowest BCUT2D eigenvalue weighted by molar-refractivity contribution is -0.138. The Morgan fingerprint density at radius 3 is 2.68 bits per heavy atom. The molecule has 0 radical (unpaired) electrons. The molecule has 0 spiro atoms. The standard InChI is InChI=1S/C24H21NO5S/c1-4-13-30-18-12-11-16(14-19(18)28-3)15-20-22(26)21(24(27)29-5-2)23(31-20)25-17-9-7-6-8-10-17/h1,6-12,14-15,26H,5,13H2,2-3H3/b20-15-,25-23?. The normalized spacial score (nSPS) is 15.8. The van der Waals surface area contributed by atoms with Crippen LogP contribution in [0.2, 0.25) is 0 Å². The summed E-state index contributed by atoms with van der Waals surface area (Å²) in [6.07, 6.45) is 6.98. The number of aliphatic hydroxyl groups is 1. The summed E-state index contributed by atoms with van der Waals surface area (Å²) in [5.74, 6) is 2.62. The van der Waals surface area contributed by atoms with Gasteiger partial charge in [-0.05, 0) is 42.8 Å². The number of benzene rings is 2. The zero-order valence-corrected chi connectivity index (χ0v) is 17.9. The number of methoxy groups -OCH3 is 1. The molecule has 7 heteroatoms. The maximum atomic E-state index is 12.5. The van der Waals surface area contributed by atoms with E-state index in [9.17, 15) is 9.90 Å². The summed E-state index contributed by atoms with van der Waals surface area (Å²) in [6.45, 7) is 2.02. The molecule has 0 saturated heterocycles. The number of aliphatic imine (C=N–C) groups is 1. The van der Waals surface area contributed by atoms with Crippen molar-refractivity contribution in [1.82, 2.24) is 0 Å². The molecule has 2 aromatic rings. The van der Waals surface area contributed by atoms with E-state index in [0.29, 0.717) is 27.1 Å². The van der Waals surface area contributed by atoms with Crippen molar-refractivity contribution in [2.75, 3.05) is 20.3 Å². The van der Waals surface area contributed by atoms with Gasteiger partial charge in [0.25, 0.3) is 0 Å². The van der Waals surface area contributed by atoms with Crippen LogP contribution in [0.25, 0.3) is 6.08 Å². The number of aliphatic hydroxyl groups excluding tert-OH is 1. The second-order valence-corrected chi connectivity index (χ2v) is 7.24. The van der Waals surface area contributed by atoms with E-state index >= 15 is 0 Å². The van der Waals surface area contributed by atoms with Gasteiger partial charge in [0.05, 0.1) is 24.3 Å². The van der Waals surface area contributed by atoms with Gasteiger partial charge >= 0.3 is 5.97 Å². The van der Waals surface area contributed by atoms with Crippen LogP contribution in [-0.4, -0.2) is 36.4 Å². The van der Waals surface area contributed by atoms with Crippen LogP contribution in [0, 0.1) is 12.3 Å². The highest BCUT2D eigenvalue weighted by Crippen LogP contribution is 2.41. The summed E-state index contributed by atoms with van der Waals surface area (Å²) < 4.78 is 15.9. The smallest absolute Gasteiger partial charge is 0.344 e. The van der Waals surface area contributed by atoms with Crippen molar-refractivity contribution in [3.8, 4) is 23.8 Å². The Kier molecular flexibility index (Phi) is 7.41. The number of para-hydroxylation sites is 1. The minimum atomic E-state index is -0.624. The molecule has 6 nitrogen and oxygen atoms in total. The molecule has 31 heavy (non-hydrogen) atoms. The maximum Gasteiger partial charge on any atom is 0.344 e. The van der Waals surface area contributed by atoms with Gasteiger partial charge in [0, 0.05) is 0 Å². The molecule has 0 aliphatic carbocycles. The van der Waals surface area contributed by atoms with E-state index in [1.807, 2.05) is 30.3 Å². The molecule has 1 aliphatic rings. The largest absolute Gasteiger partial charge is 0.506 e. The second kappa shape index (κ2) is 10.4. The first-order chi connectivity index (χ1) is 15.1. The van der Waals surface area contributed by atoms with Crippen LogP contribution in [0.1, 0.15) is 12.5 Å². The van der Waals surface area contributed by atoms with E-state index in [1.165, 1.54) is 18.9 Å². The molecule has 0 aromatic heterocycles. The summed E-state index contributed by atoms with van der Waals surface area (Å²) in [5.41, 5.74) is 1.45. The lowest BCUT2D eigenvalue weighted by atomic mass is 10.1. The number of terminal acetylenes is 1. The van der Waals surface area contributed by atoms with Gasteiger partial charge in [-0.15, -0.1) is 6.42 Å². The molecular weight excluding hydrogens is 414 g/mol. The van der Waals surface area contributed by atoms with Crippen molar-refractivity contribution < 1.29 is 24.1 Å². The molecule has 0 bridgehead atoms. The Morgan fingerprint density at radius 1 is 1.23 bits per heavy atom. The molecule has 1 aliphatic heterocycles. The Morgan fingerprint density at radius 2 is 2.00 bits per heavy atom. The van der Waals surface area contributed by atoms with Crippen molar-refractivity contribution in [3.63, 3.8) is 0 Å². The lowest BCUT2D eigenvalue weighted by Gasteiger charge is -2.09. The number of hydrogen-bond donors (Lipinski definition) is 1. The third kappa shape index (κ3) is 5.30. The Bertz CT molecular complexity index is 1100. The number of nitrogens with zero attached hydrogens (tertiary/aromatic N) is 1. The van der Waals surface area contributed by atoms with Gasteiger partial charge in [0.2, 0.25) is 0 Å². The topological polar surface area (TPSA) is 77.4 Å². The zero-order chi connectivity index (χ0) is 22.2. The third-order valence-corrected chi connectivity index (χ3v) is 5.17. The fraction of sp³-hybridized carbons (Fsp3) is 0.167. The summed E-state index contributed by atoms with van der Waals surface area (Å²) in [6, 6.07) is 14.5. The van der Waals surface area contributed by atoms with Crippen LogP contribution in [0.4, 0.5) is 5.69 Å². The highest BCUT2D eigenvalue weighted by molar-refractivity contribution is 8.18. The van der Waals surface area contributed by atoms with Crippen LogP contribution in [-0.2, 0) is 9.53 Å². The van der Waals surface area contributed by atoms with Gasteiger partial charge < -0.3 is 19.3 Å². The summed E-state index contributed by atoms with van der Waals surface area (Å²) in [4.78, 5) is 17.5. The Labute approximate surface area is 185 Å². The summed E-state index contributed by atoms with van der Waals surface area (Å²) in [5, 5.41) is 11.2. The average molecular weight is 436 g/mol. The molecule has 0 unspecified atom stereocenters. The molecule has 2 aromatic carbocycles. The Hall–Kier alpha value is -3.63. The zero-order valence-electron chi connectivity index (χ0n) is 17.1. The van der Waals surface area contributed by atoms with E-state index in [1.54, 1.807) is 31.2 Å². The van der Waals surface area contributed by atoms with E-state index in [-0.39, 0.29) is 24.5 Å². The fourth-order valence-corrected chi connectivity index (χ4v) is 3.81. The first-order valence-electron chi connectivity index (χ1n) is 9.46. The van der Waals surface area contributed by atoms with Crippen molar-refractivity contribution in [2.24, 2.45) is 4.99 Å². The Balaban J connectivity index is 1.99. The van der Waals surface area contributed by atoms with E-state index in [0.717, 1.165) is 5.56 Å². The molecular formula is C24H21NO5S. The second-order valence-electron chi connectivity index (χ2n) is 6.21. The average Bonchev–Trinajstić information content (AvgIpc) is 3.08. The highest BCUT2D eigenvalue weighted by Gasteiger charge is 2.33. The monoisotopic (exact) mass is 435 g/mol. The van der Waals surface area contributed by atoms with Gasteiger partial charge in [-0.1, -0.05) is 41.9 Å². The lowest BCUT2D eigenvalue weighted by Crippen LogP contribution is -2.12. The van der Waals surface area contributed by atoms with Gasteiger partial charge in [0.1, 0.15) is 23.0 Å². The number of carbonyl (C=O) groups is 1. The summed E-state index contributed by atoms with van der Waals surface area (Å²) >= 11 is 1.19. The fourth-order valence-electron chi connectivity index (χ4n) is 2.78. The van der Waals surface area contributed by atoms with E-state index < -0.39 is 5.97 Å². The van der Waals surface area contributed by atoms with Crippen LogP contribution in [0.5, 0.6) is 11.5 Å². The first kappa shape index (κ1) is 22.1. The number of thioether (sulfide) groups is 1. The minimum absolute atomic E-state index is 0.0443. The number of carbonyl (C=O) groups excluding carboxylic acids is 1. The molecule has 1 heterocycles. The van der Waals surface area contributed by atoms with Crippen LogP contribution in [0.3, 0.4) is 0 Å². The summed E-state index contributed by atoms with van der Waals surface area (Å²) in [7, 11) is 1.53. The van der Waals surface area contributed by atoms with E-state index in [4.69, 9.17) is 20.6 Å². The van der Waals surface area contributed by atoms with Crippen molar-refractivity contribution in [1.29, 1.82) is 0 Å². The van der Waals surface area contributed by atoms with Crippen LogP contribution >= 0.6 is 11.8 Å². The predicted molar refractivity (Wildman–Crippen MR) is 123 cm³/mol. The molecule has 158 valence electrons. The van der Waals surface area contributed by atoms with Crippen molar-refractivity contribution >= 4 is 34.5 Å². The number of esters is 1. The first-order valence-corrected chi connectivity index (χ1v) is 10.3. The molecule has 1 N–H and O–H groups in total. The maximum absolute atomic E-state index is 12.5. The van der Waals surface area contributed by atoms with E-state index in [2.05, 4.69) is 10.9 Å². The number of ether oxygens (including phenoxy) is 3. The molecule has 0 amide bonds. The van der Waals surface area contributed by atoms with Gasteiger partial charge in [-0.3, -0.25) is 0 Å². The molecule has 0 atom stereocenters. The third-order valence-electron chi connectivity index (χ3n) is 4.15. The number of rotatable bonds is 7. The van der Waals surface area contributed by atoms with Crippen LogP contribution < -0.4 is 9.47 Å². The quantitative estimate of drug-likeness (QED) is 0.492. The molecule has 3 rings (SSSR count). The van der Waals surface area contributed by atoms with Crippen molar-refractivity contribution in [2.45, 2.75) is 6.92 Å². The SMILES string of the molecule is C#CCOc1ccc(/C=C2\SC(=Nc3ccccc3)C(C(=O)OCC)=C2O)cc1OC. The molecule has 0 fully saturated rings. The van der Waals surface area contributed by atoms with Gasteiger partial charge in [-0.2, -0.15) is 0 Å². The van der Waals surface area contributed by atoms with Crippen molar-refractivity contribution in [3.05, 3.63) is 70.3 Å². The molecule has 0 saturated carbocycles. The van der Waals surface area contributed by atoms with Crippen LogP contribution in [0.15, 0.2) is 69.8 Å². The minimum Gasteiger partial charge on any atom is -0.506 e. The highest BCUT2D eigenvalue weighted by atomic mass is 32.2. The number of hydrogen-bond acceptors (Lipinski definition) is 7. The predicted octanol–water partition coefficient (Wildman–Crippen LogP) is 4.90. The van der Waals surface area contributed by atoms with Gasteiger partial charge in [0.15, 0.2) is 11.5 Å².